The minimum Gasteiger partial charge on any atom is -0.507 e. The molecule has 1 aliphatic heterocycles. The smallest absolute Gasteiger partial charge is 0.328 e. The number of fused-ring (bicyclic) bond motifs is 5. The van der Waals surface area contributed by atoms with Gasteiger partial charge in [-0.1, -0.05) is 93.2 Å². The molecule has 3 N–H and O–H groups in total. The number of hydrogen-bond acceptors (Lipinski definition) is 8. The van der Waals surface area contributed by atoms with Gasteiger partial charge in [-0.25, -0.2) is 4.79 Å². The fraction of sp³-hybridized carbons (Fsp3) is 0.341. The van der Waals surface area contributed by atoms with Crippen LogP contribution in [0.4, 0.5) is 0 Å². The summed E-state index contributed by atoms with van der Waals surface area (Å²) >= 11 is 6.05. The Hall–Kier alpha value is -5.48. The zero-order chi connectivity index (χ0) is 39.8. The molecule has 11 heteroatoms. The van der Waals surface area contributed by atoms with Crippen molar-refractivity contribution in [2.45, 2.75) is 70.9 Å². The van der Waals surface area contributed by atoms with E-state index in [0.29, 0.717) is 34.6 Å². The highest BCUT2D eigenvalue weighted by molar-refractivity contribution is 6.30. The summed E-state index contributed by atoms with van der Waals surface area (Å²) in [6.45, 7) is 3.61. The van der Waals surface area contributed by atoms with Gasteiger partial charge in [-0.2, -0.15) is 0 Å². The average molecular weight is 767 g/mol. The molecule has 0 aliphatic carbocycles. The second kappa shape index (κ2) is 18.2. The Morgan fingerprint density at radius 3 is 2.13 bits per heavy atom. The SMILES string of the molecule is CCCCC[C@H](CC(=O)c1ccc(-c2ccc(Cl)cc2)cc1)C(=O)N(C)[C@@H]1C(=O)C[C@@H](C)C(=O)N[C@H](C(=O)OC)Cc2ccc(O)c(c2)-c2cc1ccc2O. The number of ketones is 2. The summed E-state index contributed by atoms with van der Waals surface area (Å²) < 4.78 is 4.95. The fourth-order valence-corrected chi connectivity index (χ4v) is 7.21. The summed E-state index contributed by atoms with van der Waals surface area (Å²) in [4.78, 5) is 70.1. The van der Waals surface area contributed by atoms with Crippen LogP contribution in [0.25, 0.3) is 22.3 Å². The van der Waals surface area contributed by atoms with Gasteiger partial charge in [0.05, 0.1) is 7.11 Å². The molecule has 0 spiro atoms. The Morgan fingerprint density at radius 1 is 0.873 bits per heavy atom. The topological polar surface area (TPSA) is 150 Å². The molecule has 0 aromatic heterocycles. The molecular formula is C44H47ClN2O8. The lowest BCUT2D eigenvalue weighted by atomic mass is 9.88. The van der Waals surface area contributed by atoms with Gasteiger partial charge in [-0.05, 0) is 65.1 Å². The third-order valence-electron chi connectivity index (χ3n) is 10.2. The first kappa shape index (κ1) is 40.7. The first-order valence-corrected chi connectivity index (χ1v) is 18.9. The van der Waals surface area contributed by atoms with E-state index in [2.05, 4.69) is 5.32 Å². The molecule has 1 aliphatic rings. The highest BCUT2D eigenvalue weighted by Gasteiger charge is 2.36. The van der Waals surface area contributed by atoms with Crippen molar-refractivity contribution in [3.05, 3.63) is 107 Å². The van der Waals surface area contributed by atoms with Crippen LogP contribution in [-0.2, 0) is 30.3 Å². The Bertz CT molecular complexity index is 2050. The Labute approximate surface area is 326 Å². The van der Waals surface area contributed by atoms with Crippen molar-refractivity contribution in [2.24, 2.45) is 11.8 Å². The van der Waals surface area contributed by atoms with Crippen LogP contribution in [0.1, 0.15) is 79.9 Å². The van der Waals surface area contributed by atoms with Crippen molar-refractivity contribution in [2.75, 3.05) is 14.2 Å². The van der Waals surface area contributed by atoms with Crippen LogP contribution in [0.5, 0.6) is 11.5 Å². The highest BCUT2D eigenvalue weighted by atomic mass is 35.5. The summed E-state index contributed by atoms with van der Waals surface area (Å²) in [5.74, 6) is -4.32. The number of halogens is 1. The molecule has 288 valence electrons. The zero-order valence-corrected chi connectivity index (χ0v) is 32.3. The lowest BCUT2D eigenvalue weighted by Gasteiger charge is -2.32. The summed E-state index contributed by atoms with van der Waals surface area (Å²) in [5, 5.41) is 25.3. The molecule has 4 atom stereocenters. The van der Waals surface area contributed by atoms with E-state index in [1.807, 2.05) is 31.2 Å². The number of nitrogens with zero attached hydrogens (tertiary/aromatic N) is 1. The van der Waals surface area contributed by atoms with Crippen molar-refractivity contribution in [3.63, 3.8) is 0 Å². The Balaban J connectivity index is 1.50. The van der Waals surface area contributed by atoms with Gasteiger partial charge in [0.1, 0.15) is 23.6 Å². The summed E-state index contributed by atoms with van der Waals surface area (Å²) in [6.07, 6.45) is 2.53. The number of esters is 1. The van der Waals surface area contributed by atoms with Gasteiger partial charge in [0.2, 0.25) is 11.8 Å². The average Bonchev–Trinajstić information content (AvgIpc) is 3.18. The summed E-state index contributed by atoms with van der Waals surface area (Å²) in [7, 11) is 2.71. The van der Waals surface area contributed by atoms with Gasteiger partial charge in [-0.3, -0.25) is 19.2 Å². The van der Waals surface area contributed by atoms with Crippen LogP contribution in [0, 0.1) is 11.8 Å². The van der Waals surface area contributed by atoms with E-state index < -0.39 is 47.5 Å². The molecule has 5 rings (SSSR count). The molecule has 10 nitrogen and oxygen atoms in total. The molecule has 4 aromatic rings. The number of aromatic hydroxyl groups is 2. The van der Waals surface area contributed by atoms with E-state index in [9.17, 15) is 34.2 Å². The standard InChI is InChI=1S/C44H47ClN2O8/c1-5-6-7-8-32(25-39(50)30-12-10-28(11-13-30)29-14-17-33(45)18-15-29)43(53)47(3)41-31-16-20-38(49)35(24-31)34-22-27(9-19-37(34)48)23-36(44(54)55-4)46-42(52)26(2)21-40(41)51/h9-20,22,24,26,32,36,41,48-49H,5-8,21,23,25H2,1-4H3,(H,46,52)/t26-,32-,36+,41+/m1/s1. The summed E-state index contributed by atoms with van der Waals surface area (Å²) in [5.41, 5.74) is 3.66. The molecule has 0 unspecified atom stereocenters. The molecule has 55 heavy (non-hydrogen) atoms. The van der Waals surface area contributed by atoms with Gasteiger partial charge in [0, 0.05) is 59.9 Å². The molecule has 0 radical (unpaired) electrons. The van der Waals surface area contributed by atoms with Gasteiger partial charge in [0.15, 0.2) is 11.6 Å². The third kappa shape index (κ3) is 9.80. The summed E-state index contributed by atoms with van der Waals surface area (Å²) in [6, 6.07) is 21.4. The molecular weight excluding hydrogens is 720 g/mol. The monoisotopic (exact) mass is 766 g/mol. The number of rotatable bonds is 11. The van der Waals surface area contributed by atoms with Gasteiger partial charge in [-0.15, -0.1) is 0 Å². The number of methoxy groups -OCH3 is 1. The lowest BCUT2D eigenvalue weighted by Crippen LogP contribution is -2.46. The quantitative estimate of drug-likeness (QED) is 0.0794. The number of hydrogen-bond donors (Lipinski definition) is 3. The third-order valence-corrected chi connectivity index (χ3v) is 10.5. The lowest BCUT2D eigenvalue weighted by molar-refractivity contribution is -0.146. The number of carbonyl (C=O) groups is 5. The number of phenols is 2. The maximum absolute atomic E-state index is 14.5. The Morgan fingerprint density at radius 2 is 1.49 bits per heavy atom. The molecule has 4 bridgehead atoms. The number of amides is 2. The van der Waals surface area contributed by atoms with Crippen molar-refractivity contribution in [3.8, 4) is 33.8 Å². The van der Waals surface area contributed by atoms with Gasteiger partial charge in [0.25, 0.3) is 0 Å². The number of nitrogens with one attached hydrogen (secondary N) is 1. The van der Waals surface area contributed by atoms with E-state index >= 15 is 0 Å². The number of ether oxygens (including phenoxy) is 1. The predicted octanol–water partition coefficient (Wildman–Crippen LogP) is 7.86. The van der Waals surface area contributed by atoms with Crippen molar-refractivity contribution in [1.82, 2.24) is 10.2 Å². The van der Waals surface area contributed by atoms with Crippen LogP contribution in [0.15, 0.2) is 84.9 Å². The number of benzene rings is 4. The van der Waals surface area contributed by atoms with E-state index in [1.54, 1.807) is 49.4 Å². The number of Topliss-reactive ketones (excluding diaryl/α,β-unsaturated/α-hetero) is 2. The normalized spacial score (nSPS) is 17.7. The molecule has 4 aromatic carbocycles. The second-order valence-electron chi connectivity index (χ2n) is 14.2. The highest BCUT2D eigenvalue weighted by Crippen LogP contribution is 2.39. The molecule has 0 fully saturated rings. The van der Waals surface area contributed by atoms with Crippen molar-refractivity contribution >= 4 is 41.0 Å². The Kier molecular flexibility index (Phi) is 13.5. The fourth-order valence-electron chi connectivity index (χ4n) is 7.08. The van der Waals surface area contributed by atoms with E-state index in [4.69, 9.17) is 16.3 Å². The van der Waals surface area contributed by atoms with Gasteiger partial charge >= 0.3 is 5.97 Å². The van der Waals surface area contributed by atoms with Crippen LogP contribution in [-0.4, -0.2) is 64.7 Å². The van der Waals surface area contributed by atoms with E-state index in [0.717, 1.165) is 24.0 Å². The van der Waals surface area contributed by atoms with Crippen LogP contribution in [0.2, 0.25) is 5.02 Å². The molecule has 2 amide bonds. The number of carbonyl (C=O) groups excluding carboxylic acids is 5. The van der Waals surface area contributed by atoms with Crippen LogP contribution < -0.4 is 5.32 Å². The predicted molar refractivity (Wildman–Crippen MR) is 211 cm³/mol. The molecule has 0 saturated carbocycles. The van der Waals surface area contributed by atoms with Crippen molar-refractivity contribution in [1.29, 1.82) is 0 Å². The van der Waals surface area contributed by atoms with Crippen LogP contribution >= 0.6 is 11.6 Å². The molecule has 0 saturated heterocycles. The number of phenolic OH excluding ortho intramolecular Hbond substituents is 2. The number of likely N-dealkylation sites (N-methyl/N-ethyl adjacent to an activating group) is 1. The second-order valence-corrected chi connectivity index (χ2v) is 14.7. The van der Waals surface area contributed by atoms with E-state index in [1.165, 1.54) is 37.3 Å². The van der Waals surface area contributed by atoms with Gasteiger partial charge < -0.3 is 25.2 Å². The minimum atomic E-state index is -1.21. The maximum Gasteiger partial charge on any atom is 0.328 e. The van der Waals surface area contributed by atoms with Crippen LogP contribution in [0.3, 0.4) is 0 Å². The minimum absolute atomic E-state index is 0.0251. The van der Waals surface area contributed by atoms with E-state index in [-0.39, 0.29) is 47.7 Å². The molecule has 1 heterocycles. The largest absolute Gasteiger partial charge is 0.507 e. The number of unbranched alkanes of at least 4 members (excludes halogenated alkanes) is 2. The first-order chi connectivity index (χ1) is 26.3. The zero-order valence-electron chi connectivity index (χ0n) is 31.5. The first-order valence-electron chi connectivity index (χ1n) is 18.5. The maximum atomic E-state index is 14.5. The van der Waals surface area contributed by atoms with Crippen molar-refractivity contribution < 1.29 is 38.9 Å².